The lowest BCUT2D eigenvalue weighted by molar-refractivity contribution is -0.0855. The first-order chi connectivity index (χ1) is 8.66. The minimum Gasteiger partial charge on any atom is -0.399 e. The predicted molar refractivity (Wildman–Crippen MR) is 75.7 cm³/mol. The van der Waals surface area contributed by atoms with Crippen molar-refractivity contribution in [1.82, 2.24) is 5.32 Å². The maximum atomic E-state index is 12.0. The number of anilines is 1. The number of nitrogens with two attached hydrogens (primary N) is 1. The van der Waals surface area contributed by atoms with Crippen LogP contribution in [-0.2, 0) is 9.47 Å². The fourth-order valence-corrected chi connectivity index (χ4v) is 1.84. The van der Waals surface area contributed by atoms with Gasteiger partial charge in [0.25, 0.3) is 5.91 Å². The zero-order chi connectivity index (χ0) is 13.0. The third-order valence-electron chi connectivity index (χ3n) is 2.88. The molecule has 0 aromatic heterocycles. The second-order valence-electron chi connectivity index (χ2n) is 4.35. The Labute approximate surface area is 118 Å². The van der Waals surface area contributed by atoms with E-state index in [1.807, 2.05) is 13.0 Å². The number of carbonyl (C=O) groups excluding carboxylic acids is 1. The van der Waals surface area contributed by atoms with Crippen molar-refractivity contribution in [3.8, 4) is 0 Å². The summed E-state index contributed by atoms with van der Waals surface area (Å²) < 4.78 is 10.7. The highest BCUT2D eigenvalue weighted by Crippen LogP contribution is 2.12. The maximum Gasteiger partial charge on any atom is 0.251 e. The highest BCUT2D eigenvalue weighted by Gasteiger charge is 2.16. The van der Waals surface area contributed by atoms with Gasteiger partial charge in [-0.15, -0.1) is 12.4 Å². The molecule has 0 bridgehead atoms. The molecule has 2 rings (SSSR count). The Hall–Kier alpha value is -1.30. The van der Waals surface area contributed by atoms with Gasteiger partial charge < -0.3 is 20.5 Å². The van der Waals surface area contributed by atoms with Crippen molar-refractivity contribution in [3.63, 3.8) is 0 Å². The fraction of sp³-hybridized carbons (Fsp3) is 0.462. The van der Waals surface area contributed by atoms with Gasteiger partial charge in [-0.05, 0) is 24.6 Å². The second-order valence-corrected chi connectivity index (χ2v) is 4.35. The number of rotatable bonds is 3. The molecule has 1 atom stereocenters. The van der Waals surface area contributed by atoms with Crippen LogP contribution in [0.15, 0.2) is 18.2 Å². The van der Waals surface area contributed by atoms with Crippen LogP contribution in [0.1, 0.15) is 15.9 Å². The first kappa shape index (κ1) is 15.8. The zero-order valence-corrected chi connectivity index (χ0v) is 11.7. The molecule has 106 valence electrons. The quantitative estimate of drug-likeness (QED) is 0.818. The third kappa shape index (κ3) is 4.38. The topological polar surface area (TPSA) is 73.6 Å². The van der Waals surface area contributed by atoms with Crippen molar-refractivity contribution in [1.29, 1.82) is 0 Å². The Morgan fingerprint density at radius 3 is 2.95 bits per heavy atom. The minimum atomic E-state index is -0.131. The lowest BCUT2D eigenvalue weighted by Gasteiger charge is -2.23. The van der Waals surface area contributed by atoms with Gasteiger partial charge in [-0.3, -0.25) is 4.79 Å². The smallest absolute Gasteiger partial charge is 0.251 e. The molecule has 1 aromatic rings. The van der Waals surface area contributed by atoms with Crippen LogP contribution >= 0.6 is 12.4 Å². The molecule has 0 spiro atoms. The van der Waals surface area contributed by atoms with E-state index in [1.54, 1.807) is 12.1 Å². The van der Waals surface area contributed by atoms with Crippen molar-refractivity contribution < 1.29 is 14.3 Å². The number of aryl methyl sites for hydroxylation is 1. The summed E-state index contributed by atoms with van der Waals surface area (Å²) in [4.78, 5) is 12.0. The van der Waals surface area contributed by atoms with Gasteiger partial charge in [0.15, 0.2) is 0 Å². The van der Waals surface area contributed by atoms with Gasteiger partial charge in [-0.1, -0.05) is 6.07 Å². The van der Waals surface area contributed by atoms with Crippen molar-refractivity contribution in [2.75, 3.05) is 32.1 Å². The number of hydrogen-bond acceptors (Lipinski definition) is 4. The highest BCUT2D eigenvalue weighted by molar-refractivity contribution is 5.96. The van der Waals surface area contributed by atoms with E-state index in [0.717, 1.165) is 5.56 Å². The maximum absolute atomic E-state index is 12.0. The Kier molecular flexibility index (Phi) is 6.08. The standard InChI is InChI=1S/C13H18N2O3.ClH/c1-9-2-3-10(14)6-12(9)13(16)15-7-11-8-17-4-5-18-11;/h2-3,6,11H,4-5,7-8,14H2,1H3,(H,15,16);1H. The molecular weight excluding hydrogens is 268 g/mol. The Bertz CT molecular complexity index is 434. The monoisotopic (exact) mass is 286 g/mol. The summed E-state index contributed by atoms with van der Waals surface area (Å²) >= 11 is 0. The van der Waals surface area contributed by atoms with Crippen LogP contribution in [0.3, 0.4) is 0 Å². The Morgan fingerprint density at radius 2 is 2.26 bits per heavy atom. The van der Waals surface area contributed by atoms with Crippen molar-refractivity contribution >= 4 is 24.0 Å². The van der Waals surface area contributed by atoms with Crippen LogP contribution in [0.5, 0.6) is 0 Å². The molecule has 1 unspecified atom stereocenters. The molecule has 1 aromatic carbocycles. The van der Waals surface area contributed by atoms with Crippen LogP contribution in [0.25, 0.3) is 0 Å². The van der Waals surface area contributed by atoms with E-state index in [-0.39, 0.29) is 24.4 Å². The van der Waals surface area contributed by atoms with Gasteiger partial charge in [-0.2, -0.15) is 0 Å². The number of halogens is 1. The number of benzene rings is 1. The second kappa shape index (κ2) is 7.33. The molecule has 1 fully saturated rings. The van der Waals surface area contributed by atoms with E-state index < -0.39 is 0 Å². The highest BCUT2D eigenvalue weighted by atomic mass is 35.5. The number of hydrogen-bond donors (Lipinski definition) is 2. The zero-order valence-electron chi connectivity index (χ0n) is 10.8. The molecule has 0 radical (unpaired) electrons. The van der Waals surface area contributed by atoms with Crippen molar-refractivity contribution in [2.24, 2.45) is 0 Å². The predicted octanol–water partition coefficient (Wildman–Crippen LogP) is 1.14. The molecule has 1 saturated heterocycles. The Balaban J connectivity index is 0.00000180. The van der Waals surface area contributed by atoms with E-state index in [2.05, 4.69) is 5.32 Å². The molecule has 1 amide bonds. The first-order valence-corrected chi connectivity index (χ1v) is 6.00. The molecule has 1 heterocycles. The normalized spacial score (nSPS) is 18.5. The van der Waals surface area contributed by atoms with Crippen LogP contribution in [0.4, 0.5) is 5.69 Å². The minimum absolute atomic E-state index is 0. The van der Waals surface area contributed by atoms with E-state index in [4.69, 9.17) is 15.2 Å². The Morgan fingerprint density at radius 1 is 1.47 bits per heavy atom. The van der Waals surface area contributed by atoms with Crippen LogP contribution in [-0.4, -0.2) is 38.4 Å². The molecule has 6 heteroatoms. The van der Waals surface area contributed by atoms with E-state index in [1.165, 1.54) is 0 Å². The summed E-state index contributed by atoms with van der Waals surface area (Å²) in [6, 6.07) is 5.30. The summed E-state index contributed by atoms with van der Waals surface area (Å²) in [5, 5.41) is 2.84. The molecule has 1 aliphatic heterocycles. The van der Waals surface area contributed by atoms with Gasteiger partial charge in [0, 0.05) is 17.8 Å². The molecule has 0 aliphatic carbocycles. The summed E-state index contributed by atoms with van der Waals surface area (Å²) in [5.74, 6) is -0.131. The molecule has 19 heavy (non-hydrogen) atoms. The van der Waals surface area contributed by atoms with E-state index >= 15 is 0 Å². The van der Waals surface area contributed by atoms with Crippen LogP contribution in [0, 0.1) is 6.92 Å². The number of nitrogens with one attached hydrogen (secondary N) is 1. The average Bonchev–Trinajstić information content (AvgIpc) is 2.40. The van der Waals surface area contributed by atoms with Crippen molar-refractivity contribution in [2.45, 2.75) is 13.0 Å². The number of carbonyl (C=O) groups is 1. The third-order valence-corrected chi connectivity index (χ3v) is 2.88. The summed E-state index contributed by atoms with van der Waals surface area (Å²) in [6.45, 7) is 4.06. The number of amides is 1. The fourth-order valence-electron chi connectivity index (χ4n) is 1.84. The van der Waals surface area contributed by atoms with Gasteiger partial charge in [-0.25, -0.2) is 0 Å². The molecule has 0 saturated carbocycles. The summed E-state index contributed by atoms with van der Waals surface area (Å²) in [7, 11) is 0. The van der Waals surface area contributed by atoms with Crippen LogP contribution in [0.2, 0.25) is 0 Å². The first-order valence-electron chi connectivity index (χ1n) is 6.00. The molecular formula is C13H19ClN2O3. The van der Waals surface area contributed by atoms with Gasteiger partial charge in [0.2, 0.25) is 0 Å². The van der Waals surface area contributed by atoms with Gasteiger partial charge >= 0.3 is 0 Å². The summed E-state index contributed by atoms with van der Waals surface area (Å²) in [6.07, 6.45) is -0.0657. The van der Waals surface area contributed by atoms with E-state index in [9.17, 15) is 4.79 Å². The molecule has 1 aliphatic rings. The largest absolute Gasteiger partial charge is 0.399 e. The average molecular weight is 287 g/mol. The van der Waals surface area contributed by atoms with Crippen LogP contribution < -0.4 is 11.1 Å². The van der Waals surface area contributed by atoms with Gasteiger partial charge in [0.05, 0.1) is 25.9 Å². The summed E-state index contributed by atoms with van der Waals surface area (Å²) in [5.41, 5.74) is 7.77. The van der Waals surface area contributed by atoms with E-state index in [0.29, 0.717) is 37.6 Å². The lowest BCUT2D eigenvalue weighted by atomic mass is 10.1. The van der Waals surface area contributed by atoms with Gasteiger partial charge in [0.1, 0.15) is 0 Å². The molecule has 3 N–H and O–H groups in total. The SMILES string of the molecule is Cc1ccc(N)cc1C(=O)NCC1COCCO1.Cl. The number of nitrogen functional groups attached to an aromatic ring is 1. The lowest BCUT2D eigenvalue weighted by Crippen LogP contribution is -2.39. The van der Waals surface area contributed by atoms with Crippen molar-refractivity contribution in [3.05, 3.63) is 29.3 Å². The molecule has 5 nitrogen and oxygen atoms in total. The number of ether oxygens (including phenoxy) is 2.